The Morgan fingerprint density at radius 3 is 2.46 bits per heavy atom. The van der Waals surface area contributed by atoms with Crippen molar-refractivity contribution in [1.29, 1.82) is 0 Å². The van der Waals surface area contributed by atoms with Gasteiger partial charge in [-0.15, -0.1) is 11.3 Å². The van der Waals surface area contributed by atoms with E-state index in [0.29, 0.717) is 0 Å². The zero-order valence-corrected chi connectivity index (χ0v) is 15.5. The summed E-state index contributed by atoms with van der Waals surface area (Å²) >= 11 is 1.57. The highest BCUT2D eigenvalue weighted by Gasteiger charge is 2.23. The SMILES string of the molecule is CC(O)(CNC(=O)Cc1csc(Cc2ccccc2)n1)c1ccccc1. The first kappa shape index (κ1) is 18.3. The first-order valence-corrected chi connectivity index (χ1v) is 9.43. The molecule has 1 atom stereocenters. The third-order valence-corrected chi connectivity index (χ3v) is 5.06. The number of rotatable bonds is 7. The van der Waals surface area contributed by atoms with E-state index in [1.165, 1.54) is 5.56 Å². The van der Waals surface area contributed by atoms with E-state index < -0.39 is 5.60 Å². The second-order valence-corrected chi connectivity index (χ2v) is 7.43. The Morgan fingerprint density at radius 1 is 1.12 bits per heavy atom. The number of aromatic nitrogens is 1. The number of amides is 1. The van der Waals surface area contributed by atoms with Crippen molar-refractivity contribution in [3.8, 4) is 0 Å². The molecule has 5 heteroatoms. The minimum atomic E-state index is -1.10. The average Bonchev–Trinajstić information content (AvgIpc) is 3.08. The van der Waals surface area contributed by atoms with Gasteiger partial charge in [0.15, 0.2) is 0 Å². The number of hydrogen-bond donors (Lipinski definition) is 2. The predicted octanol–water partition coefficient (Wildman–Crippen LogP) is 3.30. The van der Waals surface area contributed by atoms with Crippen LogP contribution in [-0.2, 0) is 23.2 Å². The molecule has 26 heavy (non-hydrogen) atoms. The Hall–Kier alpha value is -2.50. The monoisotopic (exact) mass is 366 g/mol. The Bertz CT molecular complexity index is 845. The molecule has 1 aromatic heterocycles. The molecule has 0 saturated carbocycles. The summed E-state index contributed by atoms with van der Waals surface area (Å²) in [6.45, 7) is 1.86. The van der Waals surface area contributed by atoms with E-state index in [-0.39, 0.29) is 18.9 Å². The van der Waals surface area contributed by atoms with Crippen molar-refractivity contribution in [3.63, 3.8) is 0 Å². The van der Waals surface area contributed by atoms with E-state index in [0.717, 1.165) is 22.7 Å². The lowest BCUT2D eigenvalue weighted by Crippen LogP contribution is -2.39. The van der Waals surface area contributed by atoms with E-state index in [1.807, 2.05) is 53.9 Å². The van der Waals surface area contributed by atoms with Gasteiger partial charge in [-0.05, 0) is 18.1 Å². The maximum Gasteiger partial charge on any atom is 0.226 e. The summed E-state index contributed by atoms with van der Waals surface area (Å²) in [5.41, 5.74) is 1.64. The maximum absolute atomic E-state index is 12.2. The maximum atomic E-state index is 12.2. The number of aliphatic hydroxyl groups is 1. The van der Waals surface area contributed by atoms with Crippen LogP contribution >= 0.6 is 11.3 Å². The average molecular weight is 366 g/mol. The summed E-state index contributed by atoms with van der Waals surface area (Å²) in [4.78, 5) is 16.7. The molecular weight excluding hydrogens is 344 g/mol. The summed E-state index contributed by atoms with van der Waals surface area (Å²) in [6.07, 6.45) is 0.992. The van der Waals surface area contributed by atoms with Crippen LogP contribution in [0.5, 0.6) is 0 Å². The number of benzene rings is 2. The van der Waals surface area contributed by atoms with Gasteiger partial charge in [0.25, 0.3) is 0 Å². The first-order valence-electron chi connectivity index (χ1n) is 8.55. The molecule has 1 amide bonds. The van der Waals surface area contributed by atoms with Crippen LogP contribution in [0.15, 0.2) is 66.0 Å². The van der Waals surface area contributed by atoms with Crippen LogP contribution in [0.25, 0.3) is 0 Å². The van der Waals surface area contributed by atoms with Gasteiger partial charge >= 0.3 is 0 Å². The Kier molecular flexibility index (Phi) is 5.81. The van der Waals surface area contributed by atoms with Crippen molar-refractivity contribution < 1.29 is 9.90 Å². The topological polar surface area (TPSA) is 62.2 Å². The van der Waals surface area contributed by atoms with Crippen molar-refractivity contribution in [2.24, 2.45) is 0 Å². The van der Waals surface area contributed by atoms with Gasteiger partial charge in [-0.25, -0.2) is 4.98 Å². The highest BCUT2D eigenvalue weighted by atomic mass is 32.1. The van der Waals surface area contributed by atoms with E-state index in [4.69, 9.17) is 0 Å². The predicted molar refractivity (Wildman–Crippen MR) is 104 cm³/mol. The largest absolute Gasteiger partial charge is 0.384 e. The molecule has 1 unspecified atom stereocenters. The summed E-state index contributed by atoms with van der Waals surface area (Å²) < 4.78 is 0. The van der Waals surface area contributed by atoms with Crippen LogP contribution < -0.4 is 5.32 Å². The number of nitrogens with zero attached hydrogens (tertiary/aromatic N) is 1. The van der Waals surface area contributed by atoms with Crippen LogP contribution in [0.1, 0.15) is 28.8 Å². The van der Waals surface area contributed by atoms with Gasteiger partial charge < -0.3 is 10.4 Å². The van der Waals surface area contributed by atoms with Crippen molar-refractivity contribution in [2.45, 2.75) is 25.4 Å². The molecule has 0 fully saturated rings. The lowest BCUT2D eigenvalue weighted by atomic mass is 9.96. The fraction of sp³-hybridized carbons (Fsp3) is 0.238. The van der Waals surface area contributed by atoms with Gasteiger partial charge in [-0.2, -0.15) is 0 Å². The zero-order valence-electron chi connectivity index (χ0n) is 14.7. The minimum Gasteiger partial charge on any atom is -0.384 e. The van der Waals surface area contributed by atoms with Gasteiger partial charge in [-0.1, -0.05) is 60.7 Å². The van der Waals surface area contributed by atoms with Crippen LogP contribution in [0.4, 0.5) is 0 Å². The summed E-state index contributed by atoms with van der Waals surface area (Å²) in [7, 11) is 0. The second-order valence-electron chi connectivity index (χ2n) is 6.49. The van der Waals surface area contributed by atoms with Crippen molar-refractivity contribution in [2.75, 3.05) is 6.54 Å². The lowest BCUT2D eigenvalue weighted by Gasteiger charge is -2.24. The number of hydrogen-bond acceptors (Lipinski definition) is 4. The molecule has 0 aliphatic rings. The fourth-order valence-electron chi connectivity index (χ4n) is 2.68. The highest BCUT2D eigenvalue weighted by molar-refractivity contribution is 7.09. The number of thiazole rings is 1. The standard InChI is InChI=1S/C21H22N2O2S/c1-21(25,17-10-6-3-7-11-17)15-22-19(24)13-18-14-26-20(23-18)12-16-8-4-2-5-9-16/h2-11,14,25H,12-13,15H2,1H3,(H,22,24). The van der Waals surface area contributed by atoms with E-state index in [9.17, 15) is 9.90 Å². The van der Waals surface area contributed by atoms with Crippen LogP contribution in [0.2, 0.25) is 0 Å². The second kappa shape index (κ2) is 8.25. The molecule has 3 rings (SSSR count). The van der Waals surface area contributed by atoms with E-state index >= 15 is 0 Å². The number of nitrogens with one attached hydrogen (secondary N) is 1. The molecule has 2 aromatic carbocycles. The van der Waals surface area contributed by atoms with Crippen molar-refractivity contribution in [3.05, 3.63) is 87.9 Å². The molecule has 0 spiro atoms. The molecular formula is C21H22N2O2S. The Morgan fingerprint density at radius 2 is 1.77 bits per heavy atom. The number of carbonyl (C=O) groups is 1. The Labute approximate surface area is 157 Å². The quantitative estimate of drug-likeness (QED) is 0.674. The molecule has 0 bridgehead atoms. The van der Waals surface area contributed by atoms with E-state index in [2.05, 4.69) is 22.4 Å². The smallest absolute Gasteiger partial charge is 0.226 e. The number of carbonyl (C=O) groups excluding carboxylic acids is 1. The normalized spacial score (nSPS) is 13.2. The molecule has 134 valence electrons. The zero-order chi connectivity index (χ0) is 18.4. The highest BCUT2D eigenvalue weighted by Crippen LogP contribution is 2.19. The van der Waals surface area contributed by atoms with Gasteiger partial charge in [0.2, 0.25) is 5.91 Å². The fourth-order valence-corrected chi connectivity index (χ4v) is 3.51. The molecule has 4 nitrogen and oxygen atoms in total. The molecule has 0 aliphatic heterocycles. The van der Waals surface area contributed by atoms with Gasteiger partial charge in [0.05, 0.1) is 23.7 Å². The van der Waals surface area contributed by atoms with Crippen LogP contribution in [0.3, 0.4) is 0 Å². The lowest BCUT2D eigenvalue weighted by molar-refractivity contribution is -0.121. The van der Waals surface area contributed by atoms with Crippen molar-refractivity contribution >= 4 is 17.2 Å². The van der Waals surface area contributed by atoms with Crippen LogP contribution in [-0.4, -0.2) is 22.5 Å². The summed E-state index contributed by atoms with van der Waals surface area (Å²) in [5, 5.41) is 16.3. The minimum absolute atomic E-state index is 0.141. The van der Waals surface area contributed by atoms with E-state index in [1.54, 1.807) is 18.3 Å². The molecule has 0 radical (unpaired) electrons. The van der Waals surface area contributed by atoms with Gasteiger partial charge in [0.1, 0.15) is 5.60 Å². The molecule has 2 N–H and O–H groups in total. The Balaban J connectivity index is 1.52. The molecule has 1 heterocycles. The molecule has 0 aliphatic carbocycles. The third-order valence-electron chi connectivity index (χ3n) is 4.16. The molecule has 3 aromatic rings. The summed E-state index contributed by atoms with van der Waals surface area (Å²) in [6, 6.07) is 19.5. The van der Waals surface area contributed by atoms with Crippen LogP contribution in [0, 0.1) is 0 Å². The third kappa shape index (κ3) is 5.00. The van der Waals surface area contributed by atoms with Gasteiger partial charge in [-0.3, -0.25) is 4.79 Å². The first-order chi connectivity index (χ1) is 12.5. The van der Waals surface area contributed by atoms with Crippen molar-refractivity contribution in [1.82, 2.24) is 10.3 Å². The summed E-state index contributed by atoms with van der Waals surface area (Å²) in [5.74, 6) is -0.141. The molecule has 0 saturated heterocycles. The van der Waals surface area contributed by atoms with Gasteiger partial charge in [0, 0.05) is 11.8 Å².